The minimum Gasteiger partial charge on any atom is -0.496 e. The predicted molar refractivity (Wildman–Crippen MR) is 122 cm³/mol. The van der Waals surface area contributed by atoms with Crippen LogP contribution in [0.15, 0.2) is 48.5 Å². The minimum atomic E-state index is -0.656. The summed E-state index contributed by atoms with van der Waals surface area (Å²) in [7, 11) is 1.34. The van der Waals surface area contributed by atoms with Crippen LogP contribution >= 0.6 is 11.3 Å². The number of benzene rings is 2. The normalized spacial score (nSPS) is 10.9. The van der Waals surface area contributed by atoms with Crippen LogP contribution in [0.1, 0.15) is 40.7 Å². The molecule has 3 rings (SSSR count). The van der Waals surface area contributed by atoms with Gasteiger partial charge in [-0.1, -0.05) is 55.0 Å². The first-order chi connectivity index (χ1) is 16.0. The van der Waals surface area contributed by atoms with E-state index >= 15 is 0 Å². The second-order valence-corrected chi connectivity index (χ2v) is 7.90. The van der Waals surface area contributed by atoms with Gasteiger partial charge in [0.15, 0.2) is 5.01 Å². The van der Waals surface area contributed by atoms with Gasteiger partial charge in [0.25, 0.3) is 0 Å². The van der Waals surface area contributed by atoms with Gasteiger partial charge in [0.05, 0.1) is 13.7 Å². The Bertz CT molecular complexity index is 1130. The summed E-state index contributed by atoms with van der Waals surface area (Å²) in [5.41, 5.74) is 0.961. The maximum atomic E-state index is 14.7. The zero-order chi connectivity index (χ0) is 23.6. The van der Waals surface area contributed by atoms with Crippen molar-refractivity contribution in [1.29, 1.82) is 0 Å². The number of rotatable bonds is 10. The van der Waals surface area contributed by atoms with Crippen LogP contribution in [0, 0.1) is 5.82 Å². The Balaban J connectivity index is 1.77. The van der Waals surface area contributed by atoms with Gasteiger partial charge >= 0.3 is 11.9 Å². The molecule has 0 atom stereocenters. The van der Waals surface area contributed by atoms with Gasteiger partial charge in [-0.3, -0.25) is 0 Å². The first-order valence-corrected chi connectivity index (χ1v) is 11.1. The first kappa shape index (κ1) is 24.1. The molecule has 0 aliphatic heterocycles. The molecule has 3 aromatic rings. The lowest BCUT2D eigenvalue weighted by Crippen LogP contribution is -2.08. The second kappa shape index (κ2) is 11.9. The smallest absolute Gasteiger partial charge is 0.342 e. The molecule has 0 amide bonds. The highest BCUT2D eigenvalue weighted by Gasteiger charge is 2.21. The highest BCUT2D eigenvalue weighted by atomic mass is 32.1. The molecule has 0 aliphatic carbocycles. The van der Waals surface area contributed by atoms with E-state index in [1.807, 2.05) is 37.3 Å². The molecule has 0 N–H and O–H groups in total. The zero-order valence-electron chi connectivity index (χ0n) is 18.2. The van der Waals surface area contributed by atoms with Gasteiger partial charge in [0.1, 0.15) is 28.7 Å². The molecule has 0 saturated heterocycles. The fourth-order valence-corrected chi connectivity index (χ4v) is 3.53. The third kappa shape index (κ3) is 6.69. The number of halogens is 1. The van der Waals surface area contributed by atoms with Gasteiger partial charge in [0.2, 0.25) is 0 Å². The number of hydrogen-bond donors (Lipinski definition) is 0. The van der Waals surface area contributed by atoms with E-state index in [0.717, 1.165) is 35.8 Å². The van der Waals surface area contributed by atoms with Gasteiger partial charge in [-0.05, 0) is 24.1 Å². The minimum absolute atomic E-state index is 0.0498. The molecule has 0 aliphatic rings. The zero-order valence-corrected chi connectivity index (χ0v) is 19.1. The highest BCUT2D eigenvalue weighted by Crippen LogP contribution is 2.32. The average Bonchev–Trinajstić information content (AvgIpc) is 3.30. The van der Waals surface area contributed by atoms with E-state index in [1.54, 1.807) is 0 Å². The van der Waals surface area contributed by atoms with Crippen LogP contribution in [-0.4, -0.2) is 35.9 Å². The Hall–Kier alpha value is -3.59. The fourth-order valence-electron chi connectivity index (χ4n) is 2.76. The molecular weight excluding hydrogens is 447 g/mol. The van der Waals surface area contributed by atoms with E-state index < -0.39 is 17.8 Å². The number of carbonyl (C=O) groups excluding carboxylic acids is 2. The third-order valence-corrected chi connectivity index (χ3v) is 5.42. The molecule has 33 heavy (non-hydrogen) atoms. The molecule has 9 heteroatoms. The largest absolute Gasteiger partial charge is 0.496 e. The third-order valence-electron chi connectivity index (χ3n) is 4.50. The Morgan fingerprint density at radius 1 is 1.12 bits per heavy atom. The number of esters is 2. The van der Waals surface area contributed by atoms with Crippen LogP contribution < -0.4 is 4.74 Å². The second-order valence-electron chi connectivity index (χ2n) is 6.89. The van der Waals surface area contributed by atoms with Gasteiger partial charge < -0.3 is 14.2 Å². The van der Waals surface area contributed by atoms with Crippen molar-refractivity contribution < 1.29 is 28.2 Å². The van der Waals surface area contributed by atoms with Crippen molar-refractivity contribution >= 4 is 29.4 Å². The molecule has 7 nitrogen and oxygen atoms in total. The number of ether oxygens (including phenoxy) is 3. The molecule has 1 heterocycles. The van der Waals surface area contributed by atoms with Gasteiger partial charge in [-0.15, -0.1) is 10.2 Å². The number of hydrogen-bond acceptors (Lipinski definition) is 8. The molecule has 1 aromatic heterocycles. The van der Waals surface area contributed by atoms with E-state index in [9.17, 15) is 14.0 Å². The molecular formula is C24H23FN2O5S. The van der Waals surface area contributed by atoms with Crippen molar-refractivity contribution in [3.63, 3.8) is 0 Å². The Labute approximate surface area is 194 Å². The van der Waals surface area contributed by atoms with E-state index in [0.29, 0.717) is 11.6 Å². The molecule has 0 spiro atoms. The van der Waals surface area contributed by atoms with E-state index in [1.165, 1.54) is 25.3 Å². The lowest BCUT2D eigenvalue weighted by molar-refractivity contribution is -0.137. The van der Waals surface area contributed by atoms with E-state index in [2.05, 4.69) is 10.2 Å². The Morgan fingerprint density at radius 3 is 2.64 bits per heavy atom. The molecule has 2 aromatic carbocycles. The summed E-state index contributed by atoms with van der Waals surface area (Å²) in [5, 5.41) is 8.57. The maximum Gasteiger partial charge on any atom is 0.342 e. The quantitative estimate of drug-likeness (QED) is 0.232. The lowest BCUT2D eigenvalue weighted by atomic mass is 10.1. The molecule has 0 bridgehead atoms. The van der Waals surface area contributed by atoms with Crippen LogP contribution in [0.25, 0.3) is 16.6 Å². The van der Waals surface area contributed by atoms with Crippen LogP contribution in [-0.2, 0) is 20.9 Å². The lowest BCUT2D eigenvalue weighted by Gasteiger charge is -2.11. The Kier molecular flexibility index (Phi) is 8.65. The highest BCUT2D eigenvalue weighted by molar-refractivity contribution is 7.15. The van der Waals surface area contributed by atoms with Crippen molar-refractivity contribution in [3.05, 3.63) is 70.5 Å². The maximum absolute atomic E-state index is 14.7. The van der Waals surface area contributed by atoms with Gasteiger partial charge in [0, 0.05) is 17.7 Å². The molecule has 0 saturated carbocycles. The fraction of sp³-hybridized carbons (Fsp3) is 0.250. The Morgan fingerprint density at radius 2 is 1.91 bits per heavy atom. The summed E-state index contributed by atoms with van der Waals surface area (Å²) < 4.78 is 30.3. The summed E-state index contributed by atoms with van der Waals surface area (Å²) in [6.07, 6.45) is 4.41. The molecule has 0 unspecified atom stereocenters. The summed E-state index contributed by atoms with van der Waals surface area (Å²) in [6.45, 7) is 2.41. The molecule has 0 fully saturated rings. The number of aromatic nitrogens is 2. The average molecular weight is 471 g/mol. The SMILES string of the molecule is CCCCOC(=O)/C=C/c1nnc(-c2cc(C(=O)OCc3ccccc3)c(OC)cc2F)s1. The number of unbranched alkanes of at least 4 members (excludes halogenated alkanes) is 1. The van der Waals surface area contributed by atoms with Crippen LogP contribution in [0.2, 0.25) is 0 Å². The predicted octanol–water partition coefficient (Wildman–Crippen LogP) is 5.07. The van der Waals surface area contributed by atoms with Crippen LogP contribution in [0.5, 0.6) is 5.75 Å². The number of methoxy groups -OCH3 is 1. The number of carbonyl (C=O) groups is 2. The monoisotopic (exact) mass is 470 g/mol. The molecule has 172 valence electrons. The molecule has 0 radical (unpaired) electrons. The summed E-state index contributed by atoms with van der Waals surface area (Å²) in [4.78, 5) is 24.4. The van der Waals surface area contributed by atoms with Crippen molar-refractivity contribution in [2.24, 2.45) is 0 Å². The van der Waals surface area contributed by atoms with Crippen LogP contribution in [0.4, 0.5) is 4.39 Å². The summed E-state index contributed by atoms with van der Waals surface area (Å²) >= 11 is 1.06. The van der Waals surface area contributed by atoms with Crippen molar-refractivity contribution in [2.45, 2.75) is 26.4 Å². The van der Waals surface area contributed by atoms with Gasteiger partial charge in [-0.25, -0.2) is 14.0 Å². The summed E-state index contributed by atoms with van der Waals surface area (Å²) in [6, 6.07) is 11.6. The van der Waals surface area contributed by atoms with E-state index in [-0.39, 0.29) is 28.5 Å². The topological polar surface area (TPSA) is 87.6 Å². The summed E-state index contributed by atoms with van der Waals surface area (Å²) in [5.74, 6) is -1.72. The van der Waals surface area contributed by atoms with Crippen molar-refractivity contribution in [3.8, 4) is 16.3 Å². The first-order valence-electron chi connectivity index (χ1n) is 10.3. The van der Waals surface area contributed by atoms with Crippen molar-refractivity contribution in [1.82, 2.24) is 10.2 Å². The van der Waals surface area contributed by atoms with E-state index in [4.69, 9.17) is 14.2 Å². The number of nitrogens with zero attached hydrogens (tertiary/aromatic N) is 2. The van der Waals surface area contributed by atoms with Crippen LogP contribution in [0.3, 0.4) is 0 Å². The van der Waals surface area contributed by atoms with Gasteiger partial charge in [-0.2, -0.15) is 0 Å². The standard InChI is InChI=1S/C24H23FN2O5S/c1-3-4-12-31-22(28)11-10-21-26-27-23(33-21)17-13-18(20(30-2)14-19(17)25)24(29)32-15-16-8-6-5-7-9-16/h5-11,13-14H,3-4,12,15H2,1-2H3/b11-10+. The van der Waals surface area contributed by atoms with Crippen molar-refractivity contribution in [2.75, 3.05) is 13.7 Å².